The molecule has 0 unspecified atom stereocenters. The fraction of sp³-hybridized carbons (Fsp3) is 0.636. The Morgan fingerprint density at radius 3 is 2.33 bits per heavy atom. The Hall–Kier alpha value is -2.32. The van der Waals surface area contributed by atoms with Gasteiger partial charge in [0.2, 0.25) is 0 Å². The predicted molar refractivity (Wildman–Crippen MR) is 120 cm³/mol. The fourth-order valence-corrected chi connectivity index (χ4v) is 2.99. The van der Waals surface area contributed by atoms with Crippen molar-refractivity contribution in [1.82, 2.24) is 20.9 Å². The van der Waals surface area contributed by atoms with E-state index in [2.05, 4.69) is 50.1 Å². The molecule has 2 rings (SSSR count). The van der Waals surface area contributed by atoms with Crippen LogP contribution >= 0.6 is 0 Å². The highest BCUT2D eigenvalue weighted by molar-refractivity contribution is 5.79. The van der Waals surface area contributed by atoms with Crippen LogP contribution in [0, 0.1) is 0 Å². The lowest BCUT2D eigenvalue weighted by Gasteiger charge is -2.26. The van der Waals surface area contributed by atoms with Gasteiger partial charge in [-0.1, -0.05) is 24.3 Å². The van der Waals surface area contributed by atoms with Crippen molar-refractivity contribution in [1.29, 1.82) is 0 Å². The van der Waals surface area contributed by atoms with E-state index < -0.39 is 5.60 Å². The minimum absolute atomic E-state index is 0.387. The molecule has 1 fully saturated rings. The molecule has 0 aliphatic carbocycles. The topological polar surface area (TPSA) is 87.2 Å². The van der Waals surface area contributed by atoms with Crippen molar-refractivity contribution >= 4 is 12.1 Å². The highest BCUT2D eigenvalue weighted by Crippen LogP contribution is 2.09. The first kappa shape index (κ1) is 24.0. The molecule has 1 heterocycles. The summed E-state index contributed by atoms with van der Waals surface area (Å²) < 4.78 is 10.6. The summed E-state index contributed by atoms with van der Waals surface area (Å²) in [6.45, 7) is 12.1. The van der Waals surface area contributed by atoms with Crippen LogP contribution in [0.5, 0.6) is 0 Å². The van der Waals surface area contributed by atoms with E-state index in [9.17, 15) is 4.79 Å². The van der Waals surface area contributed by atoms with E-state index in [4.69, 9.17) is 9.47 Å². The highest BCUT2D eigenvalue weighted by Gasteiger charge is 2.15. The SMILES string of the molecule is CN=C(NCCCNC(=O)OC(C)(C)C)NCc1ccc(CN2CCOCC2)cc1. The zero-order chi connectivity index (χ0) is 21.8. The monoisotopic (exact) mass is 419 g/mol. The van der Waals surface area contributed by atoms with E-state index in [1.807, 2.05) is 20.8 Å². The Bertz CT molecular complexity index is 664. The maximum Gasteiger partial charge on any atom is 0.407 e. The molecule has 0 saturated carbocycles. The third-order valence-electron chi connectivity index (χ3n) is 4.53. The summed E-state index contributed by atoms with van der Waals surface area (Å²) >= 11 is 0. The molecule has 1 aromatic carbocycles. The molecule has 30 heavy (non-hydrogen) atoms. The van der Waals surface area contributed by atoms with Crippen molar-refractivity contribution in [3.05, 3.63) is 35.4 Å². The van der Waals surface area contributed by atoms with Gasteiger partial charge in [0.25, 0.3) is 0 Å². The molecule has 0 bridgehead atoms. The average molecular weight is 420 g/mol. The number of nitrogens with zero attached hydrogens (tertiary/aromatic N) is 2. The number of alkyl carbamates (subject to hydrolysis) is 1. The Morgan fingerprint density at radius 1 is 1.07 bits per heavy atom. The van der Waals surface area contributed by atoms with Crippen LogP contribution in [0.3, 0.4) is 0 Å². The largest absolute Gasteiger partial charge is 0.444 e. The van der Waals surface area contributed by atoms with Gasteiger partial charge < -0.3 is 25.4 Å². The number of morpholine rings is 1. The summed E-state index contributed by atoms with van der Waals surface area (Å²) in [6.07, 6.45) is 0.387. The number of nitrogens with one attached hydrogen (secondary N) is 3. The van der Waals surface area contributed by atoms with E-state index in [1.54, 1.807) is 7.05 Å². The van der Waals surface area contributed by atoms with Gasteiger partial charge in [-0.15, -0.1) is 0 Å². The van der Waals surface area contributed by atoms with Crippen LogP contribution < -0.4 is 16.0 Å². The average Bonchev–Trinajstić information content (AvgIpc) is 2.70. The van der Waals surface area contributed by atoms with Gasteiger partial charge >= 0.3 is 6.09 Å². The van der Waals surface area contributed by atoms with E-state index in [0.717, 1.165) is 45.2 Å². The zero-order valence-corrected chi connectivity index (χ0v) is 18.8. The third-order valence-corrected chi connectivity index (χ3v) is 4.53. The number of hydrogen-bond donors (Lipinski definition) is 3. The van der Waals surface area contributed by atoms with Crippen molar-refractivity contribution in [3.63, 3.8) is 0 Å². The van der Waals surface area contributed by atoms with Crippen LogP contribution in [-0.2, 0) is 22.6 Å². The highest BCUT2D eigenvalue weighted by atomic mass is 16.6. The van der Waals surface area contributed by atoms with Gasteiger partial charge in [-0.05, 0) is 38.3 Å². The summed E-state index contributed by atoms with van der Waals surface area (Å²) in [5.74, 6) is 0.740. The number of rotatable bonds is 8. The van der Waals surface area contributed by atoms with Crippen molar-refractivity contribution in [2.24, 2.45) is 4.99 Å². The molecule has 8 heteroatoms. The van der Waals surface area contributed by atoms with Crippen molar-refractivity contribution in [2.75, 3.05) is 46.4 Å². The number of carbonyl (C=O) groups is 1. The summed E-state index contributed by atoms with van der Waals surface area (Å²) in [5, 5.41) is 9.32. The molecule has 1 saturated heterocycles. The van der Waals surface area contributed by atoms with Crippen LogP contribution in [0.1, 0.15) is 38.3 Å². The van der Waals surface area contributed by atoms with Crippen molar-refractivity contribution in [3.8, 4) is 0 Å². The smallest absolute Gasteiger partial charge is 0.407 e. The summed E-state index contributed by atoms with van der Waals surface area (Å²) in [6, 6.07) is 8.68. The van der Waals surface area contributed by atoms with Crippen molar-refractivity contribution in [2.45, 2.75) is 45.9 Å². The molecule has 0 spiro atoms. The first-order valence-corrected chi connectivity index (χ1v) is 10.6. The molecule has 1 amide bonds. The molecular formula is C22H37N5O3. The Morgan fingerprint density at radius 2 is 1.70 bits per heavy atom. The second-order valence-electron chi connectivity index (χ2n) is 8.34. The predicted octanol–water partition coefficient (Wildman–Crippen LogP) is 2.10. The zero-order valence-electron chi connectivity index (χ0n) is 18.8. The molecule has 168 valence electrons. The molecule has 0 atom stereocenters. The number of guanidine groups is 1. The third kappa shape index (κ3) is 9.93. The Labute approximate surface area is 180 Å². The van der Waals surface area contributed by atoms with Crippen LogP contribution in [0.15, 0.2) is 29.3 Å². The molecular weight excluding hydrogens is 382 g/mol. The van der Waals surface area contributed by atoms with Gasteiger partial charge in [0, 0.05) is 46.3 Å². The second kappa shape index (κ2) is 12.4. The molecule has 0 aromatic heterocycles. The second-order valence-corrected chi connectivity index (χ2v) is 8.34. The molecule has 1 aliphatic rings. The van der Waals surface area contributed by atoms with Crippen LogP contribution in [0.4, 0.5) is 4.79 Å². The maximum atomic E-state index is 11.6. The summed E-state index contributed by atoms with van der Waals surface area (Å²) in [5.41, 5.74) is 2.05. The van der Waals surface area contributed by atoms with Gasteiger partial charge in [-0.25, -0.2) is 4.79 Å². The number of carbonyl (C=O) groups excluding carboxylic acids is 1. The summed E-state index contributed by atoms with van der Waals surface area (Å²) in [7, 11) is 1.75. The number of ether oxygens (including phenoxy) is 2. The maximum absolute atomic E-state index is 11.6. The first-order valence-electron chi connectivity index (χ1n) is 10.6. The quantitative estimate of drug-likeness (QED) is 0.340. The first-order chi connectivity index (χ1) is 14.4. The lowest BCUT2D eigenvalue weighted by Crippen LogP contribution is -2.39. The number of amides is 1. The van der Waals surface area contributed by atoms with Gasteiger partial charge in [-0.2, -0.15) is 0 Å². The fourth-order valence-electron chi connectivity index (χ4n) is 2.99. The van der Waals surface area contributed by atoms with Gasteiger partial charge in [0.05, 0.1) is 13.2 Å². The number of hydrogen-bond acceptors (Lipinski definition) is 5. The van der Waals surface area contributed by atoms with E-state index in [0.29, 0.717) is 19.6 Å². The number of benzene rings is 1. The minimum Gasteiger partial charge on any atom is -0.444 e. The molecule has 8 nitrogen and oxygen atoms in total. The Balaban J connectivity index is 1.62. The standard InChI is InChI=1S/C22H37N5O3/c1-22(2,3)30-21(28)25-11-5-10-24-20(23-4)26-16-18-6-8-19(9-7-18)17-27-12-14-29-15-13-27/h6-9H,5,10-17H2,1-4H3,(H,25,28)(H2,23,24,26). The Kier molecular flexibility index (Phi) is 9.89. The van der Waals surface area contributed by atoms with Crippen molar-refractivity contribution < 1.29 is 14.3 Å². The lowest BCUT2D eigenvalue weighted by molar-refractivity contribution is 0.0342. The lowest BCUT2D eigenvalue weighted by atomic mass is 10.1. The molecule has 1 aromatic rings. The minimum atomic E-state index is -0.477. The van der Waals surface area contributed by atoms with E-state index >= 15 is 0 Å². The van der Waals surface area contributed by atoms with E-state index in [-0.39, 0.29) is 6.09 Å². The number of aliphatic imine (C=N–C) groups is 1. The van der Waals surface area contributed by atoms with Gasteiger partial charge in [0.15, 0.2) is 5.96 Å². The van der Waals surface area contributed by atoms with E-state index in [1.165, 1.54) is 11.1 Å². The van der Waals surface area contributed by atoms with Crippen LogP contribution in [0.25, 0.3) is 0 Å². The molecule has 1 aliphatic heterocycles. The van der Waals surface area contributed by atoms with Gasteiger partial charge in [-0.3, -0.25) is 9.89 Å². The van der Waals surface area contributed by atoms with Crippen LogP contribution in [-0.4, -0.2) is 69.0 Å². The van der Waals surface area contributed by atoms with Gasteiger partial charge in [0.1, 0.15) is 5.60 Å². The molecule has 3 N–H and O–H groups in total. The normalized spacial score (nSPS) is 15.5. The van der Waals surface area contributed by atoms with Crippen LogP contribution in [0.2, 0.25) is 0 Å². The molecule has 0 radical (unpaired) electrons. The summed E-state index contributed by atoms with van der Waals surface area (Å²) in [4.78, 5) is 18.3.